The molecular weight excluding hydrogens is 304 g/mol. The molecule has 0 aliphatic carbocycles. The van der Waals surface area contributed by atoms with Crippen molar-refractivity contribution in [1.29, 1.82) is 0 Å². The standard InChI is InChI=1S/C15H21BrN2O/c1-12-5-6-14(16)13(11-12)15(19)17(2)9-10-18-7-3-4-8-18/h5-6,11H,3-4,7-10H2,1-2H3. The molecule has 4 heteroatoms. The van der Waals surface area contributed by atoms with Gasteiger partial charge in [0.15, 0.2) is 0 Å². The minimum Gasteiger partial charge on any atom is -0.340 e. The molecule has 1 aromatic carbocycles. The molecule has 0 atom stereocenters. The topological polar surface area (TPSA) is 23.6 Å². The molecule has 1 fully saturated rings. The van der Waals surface area contributed by atoms with E-state index in [1.165, 1.54) is 25.9 Å². The van der Waals surface area contributed by atoms with Crippen LogP contribution in [-0.4, -0.2) is 48.9 Å². The first-order chi connectivity index (χ1) is 9.08. The Morgan fingerprint density at radius 3 is 2.74 bits per heavy atom. The summed E-state index contributed by atoms with van der Waals surface area (Å²) in [6, 6.07) is 5.89. The Labute approximate surface area is 123 Å². The summed E-state index contributed by atoms with van der Waals surface area (Å²) in [4.78, 5) is 16.6. The second-order valence-corrected chi connectivity index (χ2v) is 6.11. The number of rotatable bonds is 4. The van der Waals surface area contributed by atoms with Crippen LogP contribution in [0.4, 0.5) is 0 Å². The van der Waals surface area contributed by atoms with Gasteiger partial charge in [0, 0.05) is 24.6 Å². The lowest BCUT2D eigenvalue weighted by molar-refractivity contribution is 0.0781. The fraction of sp³-hybridized carbons (Fsp3) is 0.533. The number of halogens is 1. The summed E-state index contributed by atoms with van der Waals surface area (Å²) >= 11 is 3.46. The lowest BCUT2D eigenvalue weighted by Gasteiger charge is -2.22. The first-order valence-corrected chi connectivity index (χ1v) is 7.61. The molecule has 0 saturated carbocycles. The molecule has 0 spiro atoms. The number of nitrogens with zero attached hydrogens (tertiary/aromatic N) is 2. The first kappa shape index (κ1) is 14.5. The van der Waals surface area contributed by atoms with Crippen molar-refractivity contribution in [2.75, 3.05) is 33.2 Å². The minimum absolute atomic E-state index is 0.0924. The molecule has 1 saturated heterocycles. The van der Waals surface area contributed by atoms with Crippen LogP contribution in [0.1, 0.15) is 28.8 Å². The van der Waals surface area contributed by atoms with Gasteiger partial charge >= 0.3 is 0 Å². The predicted molar refractivity (Wildman–Crippen MR) is 81.5 cm³/mol. The quantitative estimate of drug-likeness (QED) is 0.850. The van der Waals surface area contributed by atoms with Crippen molar-refractivity contribution in [2.45, 2.75) is 19.8 Å². The van der Waals surface area contributed by atoms with Crippen molar-refractivity contribution in [1.82, 2.24) is 9.80 Å². The van der Waals surface area contributed by atoms with E-state index in [2.05, 4.69) is 20.8 Å². The van der Waals surface area contributed by atoms with Gasteiger partial charge in [0.25, 0.3) is 5.91 Å². The van der Waals surface area contributed by atoms with E-state index in [1.54, 1.807) is 0 Å². The Morgan fingerprint density at radius 1 is 1.37 bits per heavy atom. The van der Waals surface area contributed by atoms with Crippen LogP contribution in [0, 0.1) is 6.92 Å². The molecule has 0 bridgehead atoms. The zero-order valence-electron chi connectivity index (χ0n) is 11.7. The maximum Gasteiger partial charge on any atom is 0.254 e. The third-order valence-corrected chi connectivity index (χ3v) is 4.34. The largest absolute Gasteiger partial charge is 0.340 e. The number of benzene rings is 1. The average Bonchev–Trinajstić information content (AvgIpc) is 2.91. The summed E-state index contributed by atoms with van der Waals surface area (Å²) in [5.74, 6) is 0.0924. The normalized spacial score (nSPS) is 15.7. The monoisotopic (exact) mass is 324 g/mol. The average molecular weight is 325 g/mol. The van der Waals surface area contributed by atoms with Crippen LogP contribution in [0.25, 0.3) is 0 Å². The van der Waals surface area contributed by atoms with Crippen molar-refractivity contribution >= 4 is 21.8 Å². The van der Waals surface area contributed by atoms with E-state index < -0.39 is 0 Å². The van der Waals surface area contributed by atoms with E-state index in [-0.39, 0.29) is 5.91 Å². The van der Waals surface area contributed by atoms with E-state index in [0.717, 1.165) is 28.7 Å². The summed E-state index contributed by atoms with van der Waals surface area (Å²) in [5, 5.41) is 0. The first-order valence-electron chi connectivity index (χ1n) is 6.82. The molecule has 104 valence electrons. The van der Waals surface area contributed by atoms with Crippen molar-refractivity contribution in [3.8, 4) is 0 Å². The van der Waals surface area contributed by atoms with Gasteiger partial charge in [-0.3, -0.25) is 4.79 Å². The van der Waals surface area contributed by atoms with E-state index in [9.17, 15) is 4.79 Å². The number of aryl methyl sites for hydroxylation is 1. The molecule has 1 amide bonds. The van der Waals surface area contributed by atoms with Crippen LogP contribution in [0.15, 0.2) is 22.7 Å². The molecular formula is C15H21BrN2O. The van der Waals surface area contributed by atoms with Gasteiger partial charge in [-0.25, -0.2) is 0 Å². The molecule has 1 aliphatic rings. The van der Waals surface area contributed by atoms with Crippen LogP contribution in [0.2, 0.25) is 0 Å². The third kappa shape index (κ3) is 3.80. The molecule has 0 aromatic heterocycles. The Hall–Kier alpha value is -0.870. The van der Waals surface area contributed by atoms with Gasteiger partial charge < -0.3 is 9.80 Å². The van der Waals surface area contributed by atoms with Gasteiger partial charge in [-0.2, -0.15) is 0 Å². The zero-order valence-corrected chi connectivity index (χ0v) is 13.2. The number of amides is 1. The maximum atomic E-state index is 12.4. The van der Waals surface area contributed by atoms with Crippen LogP contribution in [-0.2, 0) is 0 Å². The summed E-state index contributed by atoms with van der Waals surface area (Å²) in [6.45, 7) is 6.13. The molecule has 0 radical (unpaired) electrons. The molecule has 1 heterocycles. The van der Waals surface area contributed by atoms with Crippen molar-refractivity contribution in [3.63, 3.8) is 0 Å². The highest BCUT2D eigenvalue weighted by Crippen LogP contribution is 2.19. The fourth-order valence-corrected chi connectivity index (χ4v) is 2.82. The zero-order chi connectivity index (χ0) is 13.8. The number of hydrogen-bond acceptors (Lipinski definition) is 2. The highest BCUT2D eigenvalue weighted by atomic mass is 79.9. The number of carbonyl (C=O) groups excluding carboxylic acids is 1. The SMILES string of the molecule is Cc1ccc(Br)c(C(=O)N(C)CCN2CCCC2)c1. The number of likely N-dealkylation sites (tertiary alicyclic amines) is 1. The molecule has 0 N–H and O–H groups in total. The second-order valence-electron chi connectivity index (χ2n) is 5.26. The van der Waals surface area contributed by atoms with Gasteiger partial charge in [0.2, 0.25) is 0 Å². The highest BCUT2D eigenvalue weighted by molar-refractivity contribution is 9.10. The molecule has 1 aliphatic heterocycles. The minimum atomic E-state index is 0.0924. The summed E-state index contributed by atoms with van der Waals surface area (Å²) in [7, 11) is 1.88. The Bertz CT molecular complexity index is 455. The Kier molecular flexibility index (Phi) is 4.99. The van der Waals surface area contributed by atoms with Gasteiger partial charge in [0.05, 0.1) is 5.56 Å². The van der Waals surface area contributed by atoms with Gasteiger partial charge in [-0.05, 0) is 60.9 Å². The summed E-state index contributed by atoms with van der Waals surface area (Å²) in [6.07, 6.45) is 2.59. The Balaban J connectivity index is 1.95. The predicted octanol–water partition coefficient (Wildman–Crippen LogP) is 2.93. The molecule has 0 unspecified atom stereocenters. The molecule has 1 aromatic rings. The lowest BCUT2D eigenvalue weighted by atomic mass is 10.1. The second kappa shape index (κ2) is 6.53. The number of carbonyl (C=O) groups is 1. The maximum absolute atomic E-state index is 12.4. The van der Waals surface area contributed by atoms with Crippen molar-refractivity contribution in [2.24, 2.45) is 0 Å². The third-order valence-electron chi connectivity index (χ3n) is 3.65. The van der Waals surface area contributed by atoms with Crippen LogP contribution in [0.3, 0.4) is 0 Å². The number of hydrogen-bond donors (Lipinski definition) is 0. The van der Waals surface area contributed by atoms with Crippen molar-refractivity contribution < 1.29 is 4.79 Å². The van der Waals surface area contributed by atoms with Crippen LogP contribution in [0.5, 0.6) is 0 Å². The molecule has 19 heavy (non-hydrogen) atoms. The van der Waals surface area contributed by atoms with E-state index in [0.29, 0.717) is 0 Å². The lowest BCUT2D eigenvalue weighted by Crippen LogP contribution is -2.35. The van der Waals surface area contributed by atoms with Gasteiger partial charge in [-0.1, -0.05) is 11.6 Å². The van der Waals surface area contributed by atoms with Crippen molar-refractivity contribution in [3.05, 3.63) is 33.8 Å². The van der Waals surface area contributed by atoms with E-state index in [4.69, 9.17) is 0 Å². The van der Waals surface area contributed by atoms with E-state index in [1.807, 2.05) is 37.1 Å². The van der Waals surface area contributed by atoms with Gasteiger partial charge in [-0.15, -0.1) is 0 Å². The van der Waals surface area contributed by atoms with Crippen LogP contribution < -0.4 is 0 Å². The van der Waals surface area contributed by atoms with Gasteiger partial charge in [0.1, 0.15) is 0 Å². The Morgan fingerprint density at radius 2 is 2.05 bits per heavy atom. The van der Waals surface area contributed by atoms with E-state index >= 15 is 0 Å². The number of likely N-dealkylation sites (N-methyl/N-ethyl adjacent to an activating group) is 1. The summed E-state index contributed by atoms with van der Waals surface area (Å²) < 4.78 is 0.871. The molecule has 3 nitrogen and oxygen atoms in total. The smallest absolute Gasteiger partial charge is 0.254 e. The summed E-state index contributed by atoms with van der Waals surface area (Å²) in [5.41, 5.74) is 1.86. The van der Waals surface area contributed by atoms with Crippen LogP contribution >= 0.6 is 15.9 Å². The fourth-order valence-electron chi connectivity index (χ4n) is 2.41. The highest BCUT2D eigenvalue weighted by Gasteiger charge is 2.17. The molecule has 2 rings (SSSR count).